The van der Waals surface area contributed by atoms with Crippen LogP contribution in [0.4, 0.5) is 4.39 Å². The number of nitriles is 1. The summed E-state index contributed by atoms with van der Waals surface area (Å²) in [6.45, 7) is 4.99. The number of aromatic nitrogens is 1. The van der Waals surface area contributed by atoms with E-state index in [2.05, 4.69) is 23.6 Å². The van der Waals surface area contributed by atoms with Crippen LogP contribution in [0, 0.1) is 23.1 Å². The lowest BCUT2D eigenvalue weighted by Gasteiger charge is -2.19. The van der Waals surface area contributed by atoms with E-state index in [4.69, 9.17) is 9.15 Å². The molecular formula is C24H27FN4O3. The minimum absolute atomic E-state index is 0.0168. The van der Waals surface area contributed by atoms with Crippen LogP contribution in [0.15, 0.2) is 45.6 Å². The van der Waals surface area contributed by atoms with Crippen molar-refractivity contribution in [1.82, 2.24) is 15.2 Å². The van der Waals surface area contributed by atoms with Crippen LogP contribution >= 0.6 is 0 Å². The Morgan fingerprint density at radius 1 is 1.28 bits per heavy atom. The lowest BCUT2D eigenvalue weighted by molar-refractivity contribution is 0.0513. The Kier molecular flexibility index (Phi) is 6.70. The summed E-state index contributed by atoms with van der Waals surface area (Å²) in [4.78, 5) is 11.7. The number of benzene rings is 2. The van der Waals surface area contributed by atoms with E-state index in [-0.39, 0.29) is 18.3 Å². The molecule has 1 saturated heterocycles. The van der Waals surface area contributed by atoms with E-state index in [1.54, 1.807) is 31.3 Å². The molecule has 0 bridgehead atoms. The first-order valence-corrected chi connectivity index (χ1v) is 10.8. The van der Waals surface area contributed by atoms with Crippen molar-refractivity contribution in [2.75, 3.05) is 26.2 Å². The predicted octanol–water partition coefficient (Wildman–Crippen LogP) is 2.59. The zero-order valence-electron chi connectivity index (χ0n) is 18.2. The second-order valence-electron chi connectivity index (χ2n) is 8.43. The number of rotatable bonds is 6. The van der Waals surface area contributed by atoms with Gasteiger partial charge in [-0.15, -0.1) is 0 Å². The average molecular weight is 439 g/mol. The van der Waals surface area contributed by atoms with E-state index in [9.17, 15) is 14.4 Å². The standard InChI is InChI=1S/C24H27FN4O3/c1-15-11-27-12-20(31-14-15)13-28-19(10-26)7-18-4-3-16(8-21(18)25)17-5-6-23-22(9-17)29(2)24(30)32-23/h3-6,8-9,15,19-20,27-28H,7,11-14H2,1-2H3/t15-,19+,20?/m1/s1. The lowest BCUT2D eigenvalue weighted by atomic mass is 10.00. The molecule has 0 aliphatic carbocycles. The van der Waals surface area contributed by atoms with Crippen LogP contribution < -0.4 is 16.4 Å². The maximum atomic E-state index is 14.9. The molecule has 2 N–H and O–H groups in total. The van der Waals surface area contributed by atoms with E-state index < -0.39 is 11.8 Å². The molecule has 0 amide bonds. The number of fused-ring (bicyclic) bond motifs is 1. The number of nitrogens with zero attached hydrogens (tertiary/aromatic N) is 2. The SMILES string of the molecule is C[C@@H]1CNCC(CN[C@H](C#N)Cc2ccc(-c3ccc4oc(=O)n(C)c4c3)cc2F)OC1. The van der Waals surface area contributed by atoms with Crippen molar-refractivity contribution in [3.05, 3.63) is 58.3 Å². The minimum atomic E-state index is -0.517. The molecule has 2 heterocycles. The van der Waals surface area contributed by atoms with E-state index in [1.807, 2.05) is 6.07 Å². The van der Waals surface area contributed by atoms with Crippen molar-refractivity contribution < 1.29 is 13.5 Å². The van der Waals surface area contributed by atoms with Crippen molar-refractivity contribution >= 4 is 11.1 Å². The third-order valence-corrected chi connectivity index (χ3v) is 5.83. The molecule has 1 aliphatic heterocycles. The summed E-state index contributed by atoms with van der Waals surface area (Å²) < 4.78 is 27.3. The average Bonchev–Trinajstić information content (AvgIpc) is 2.93. The Labute approximate surface area is 185 Å². The van der Waals surface area contributed by atoms with Gasteiger partial charge in [-0.3, -0.25) is 9.88 Å². The van der Waals surface area contributed by atoms with Gasteiger partial charge in [0.15, 0.2) is 5.58 Å². The van der Waals surface area contributed by atoms with Gasteiger partial charge in [-0.2, -0.15) is 5.26 Å². The van der Waals surface area contributed by atoms with Crippen LogP contribution in [0.25, 0.3) is 22.2 Å². The number of nitrogens with one attached hydrogen (secondary N) is 2. The molecule has 168 valence electrons. The number of oxazole rings is 1. The van der Waals surface area contributed by atoms with Gasteiger partial charge in [-0.05, 0) is 47.4 Å². The molecule has 0 spiro atoms. The van der Waals surface area contributed by atoms with Crippen LogP contribution in [0.2, 0.25) is 0 Å². The zero-order chi connectivity index (χ0) is 22.7. The fourth-order valence-corrected chi connectivity index (χ4v) is 3.90. The Morgan fingerprint density at radius 2 is 2.06 bits per heavy atom. The molecule has 1 unspecified atom stereocenters. The normalized spacial score (nSPS) is 20.1. The van der Waals surface area contributed by atoms with Gasteiger partial charge in [0.1, 0.15) is 5.82 Å². The summed E-state index contributed by atoms with van der Waals surface area (Å²) in [5.74, 6) is -0.348. The van der Waals surface area contributed by atoms with E-state index in [0.717, 1.165) is 18.7 Å². The van der Waals surface area contributed by atoms with Crippen LogP contribution in [-0.2, 0) is 18.2 Å². The van der Waals surface area contributed by atoms with Crippen molar-refractivity contribution in [3.63, 3.8) is 0 Å². The van der Waals surface area contributed by atoms with Gasteiger partial charge in [-0.25, -0.2) is 9.18 Å². The number of hydrogen-bond donors (Lipinski definition) is 2. The molecule has 0 saturated carbocycles. The first-order chi connectivity index (χ1) is 15.4. The summed E-state index contributed by atoms with van der Waals surface area (Å²) >= 11 is 0. The number of aryl methyl sites for hydroxylation is 1. The zero-order valence-corrected chi connectivity index (χ0v) is 18.2. The summed E-state index contributed by atoms with van der Waals surface area (Å²) in [5, 5.41) is 16.1. The van der Waals surface area contributed by atoms with Gasteiger partial charge >= 0.3 is 5.76 Å². The molecule has 1 aromatic heterocycles. The monoisotopic (exact) mass is 438 g/mol. The molecule has 32 heavy (non-hydrogen) atoms. The summed E-state index contributed by atoms with van der Waals surface area (Å²) in [7, 11) is 1.63. The molecule has 1 fully saturated rings. The largest absolute Gasteiger partial charge is 0.419 e. The third-order valence-electron chi connectivity index (χ3n) is 5.83. The van der Waals surface area contributed by atoms with Gasteiger partial charge in [-0.1, -0.05) is 25.1 Å². The Bertz CT molecular complexity index is 1200. The van der Waals surface area contributed by atoms with Gasteiger partial charge in [0.25, 0.3) is 0 Å². The third kappa shape index (κ3) is 4.91. The number of halogens is 1. The molecule has 3 aromatic rings. The molecule has 1 aliphatic rings. The molecule has 2 aromatic carbocycles. The highest BCUT2D eigenvalue weighted by Crippen LogP contribution is 2.26. The van der Waals surface area contributed by atoms with Crippen molar-refractivity contribution in [1.29, 1.82) is 5.26 Å². The molecular weight excluding hydrogens is 411 g/mol. The van der Waals surface area contributed by atoms with E-state index in [1.165, 1.54) is 10.6 Å². The molecule has 8 heteroatoms. The highest BCUT2D eigenvalue weighted by Gasteiger charge is 2.19. The fraction of sp³-hybridized carbons (Fsp3) is 0.417. The topological polar surface area (TPSA) is 92.2 Å². The molecule has 4 rings (SSSR count). The summed E-state index contributed by atoms with van der Waals surface area (Å²) in [6, 6.07) is 12.0. The Hall–Kier alpha value is -2.99. The summed E-state index contributed by atoms with van der Waals surface area (Å²) in [6.07, 6.45) is 0.242. The first kappa shape index (κ1) is 22.2. The van der Waals surface area contributed by atoms with Crippen LogP contribution in [0.5, 0.6) is 0 Å². The minimum Gasteiger partial charge on any atom is -0.408 e. The van der Waals surface area contributed by atoms with Crippen LogP contribution in [-0.4, -0.2) is 43.0 Å². The van der Waals surface area contributed by atoms with Crippen molar-refractivity contribution in [2.24, 2.45) is 13.0 Å². The Balaban J connectivity index is 1.44. The highest BCUT2D eigenvalue weighted by molar-refractivity contribution is 5.80. The maximum Gasteiger partial charge on any atom is 0.419 e. The number of hydrogen-bond acceptors (Lipinski definition) is 6. The van der Waals surface area contributed by atoms with E-state index in [0.29, 0.717) is 41.3 Å². The van der Waals surface area contributed by atoms with Gasteiger partial charge in [0.05, 0.1) is 30.3 Å². The fourth-order valence-electron chi connectivity index (χ4n) is 3.90. The van der Waals surface area contributed by atoms with Gasteiger partial charge < -0.3 is 14.5 Å². The highest BCUT2D eigenvalue weighted by atomic mass is 19.1. The second kappa shape index (κ2) is 9.65. The number of ether oxygens (including phenoxy) is 1. The van der Waals surface area contributed by atoms with Gasteiger partial charge in [0, 0.05) is 26.6 Å². The Morgan fingerprint density at radius 3 is 2.84 bits per heavy atom. The summed E-state index contributed by atoms with van der Waals surface area (Å²) in [5.41, 5.74) is 3.08. The molecule has 7 nitrogen and oxygen atoms in total. The predicted molar refractivity (Wildman–Crippen MR) is 120 cm³/mol. The van der Waals surface area contributed by atoms with E-state index >= 15 is 0 Å². The molecule has 0 radical (unpaired) electrons. The second-order valence-corrected chi connectivity index (χ2v) is 8.43. The lowest BCUT2D eigenvalue weighted by Crippen LogP contribution is -2.40. The van der Waals surface area contributed by atoms with Crippen molar-refractivity contribution in [3.8, 4) is 17.2 Å². The molecule has 3 atom stereocenters. The smallest absolute Gasteiger partial charge is 0.408 e. The quantitative estimate of drug-likeness (QED) is 0.615. The van der Waals surface area contributed by atoms with Crippen molar-refractivity contribution in [2.45, 2.75) is 25.5 Å². The van der Waals surface area contributed by atoms with Crippen LogP contribution in [0.3, 0.4) is 0 Å². The van der Waals surface area contributed by atoms with Gasteiger partial charge in [0.2, 0.25) is 0 Å². The maximum absolute atomic E-state index is 14.9. The van der Waals surface area contributed by atoms with Crippen LogP contribution in [0.1, 0.15) is 12.5 Å². The first-order valence-electron chi connectivity index (χ1n) is 10.8.